The van der Waals surface area contributed by atoms with Gasteiger partial charge in [-0.25, -0.2) is 0 Å². The second-order valence-electron chi connectivity index (χ2n) is 2.99. The van der Waals surface area contributed by atoms with Crippen molar-refractivity contribution in [1.29, 1.82) is 0 Å². The van der Waals surface area contributed by atoms with E-state index in [9.17, 15) is 4.79 Å². The number of carbonyl (C=O) groups is 1. The van der Waals surface area contributed by atoms with Gasteiger partial charge >= 0.3 is 70.0 Å². The zero-order valence-corrected chi connectivity index (χ0v) is 9.47. The van der Waals surface area contributed by atoms with Crippen LogP contribution in [0.25, 0.3) is 0 Å². The van der Waals surface area contributed by atoms with Crippen LogP contribution in [-0.4, -0.2) is 35.8 Å². The van der Waals surface area contributed by atoms with Crippen LogP contribution < -0.4 is 3.54 Å². The molecule has 55 valence electrons. The Bertz CT molecular complexity index is 196. The molecule has 2 fully saturated rings. The van der Waals surface area contributed by atoms with Crippen molar-refractivity contribution in [2.45, 2.75) is 24.6 Å². The predicted octanol–water partition coefficient (Wildman–Crippen LogP) is 0.0117. The van der Waals surface area contributed by atoms with Gasteiger partial charge in [-0.05, 0) is 0 Å². The zero-order valence-electron chi connectivity index (χ0n) is 5.80. The van der Waals surface area contributed by atoms with Crippen molar-refractivity contribution in [1.82, 2.24) is 3.54 Å². The number of hydrogen-bond acceptors (Lipinski definition) is 4. The average molecular weight is 265 g/mol. The van der Waals surface area contributed by atoms with Crippen molar-refractivity contribution in [2.24, 2.45) is 0 Å². The number of fused-ring (bicyclic) bond motifs is 2. The quantitative estimate of drug-likeness (QED) is 0.626. The van der Waals surface area contributed by atoms with Crippen LogP contribution in [0, 0.1) is 0 Å². The van der Waals surface area contributed by atoms with Crippen molar-refractivity contribution < 1.29 is 7.87 Å². The second kappa shape index (κ2) is 2.04. The molecular formula is C5H8NO2SSn. The Hall–Kier alpha value is 0.579. The van der Waals surface area contributed by atoms with Crippen molar-refractivity contribution in [3.8, 4) is 0 Å². The van der Waals surface area contributed by atoms with Gasteiger partial charge in [-0.2, -0.15) is 0 Å². The van der Waals surface area contributed by atoms with Crippen LogP contribution in [0.15, 0.2) is 0 Å². The fourth-order valence-corrected chi connectivity index (χ4v) is 12.7. The third-order valence-corrected chi connectivity index (χ3v) is 12.7. The molecule has 0 aliphatic carbocycles. The maximum atomic E-state index is 11.0. The van der Waals surface area contributed by atoms with Crippen LogP contribution in [0.4, 0.5) is 0 Å². The third-order valence-electron chi connectivity index (χ3n) is 1.74. The summed E-state index contributed by atoms with van der Waals surface area (Å²) in [5, 5.41) is 0. The monoisotopic (exact) mass is 266 g/mol. The Kier molecular flexibility index (Phi) is 1.48. The van der Waals surface area contributed by atoms with Crippen LogP contribution in [-0.2, 0) is 7.87 Å². The van der Waals surface area contributed by atoms with E-state index in [0.29, 0.717) is 0 Å². The summed E-state index contributed by atoms with van der Waals surface area (Å²) in [5.74, 6) is -0.0156. The molecule has 2 bridgehead atoms. The van der Waals surface area contributed by atoms with Crippen molar-refractivity contribution >= 4 is 34.0 Å². The molecule has 2 saturated heterocycles. The van der Waals surface area contributed by atoms with E-state index in [1.807, 2.05) is 8.95 Å². The van der Waals surface area contributed by atoms with Crippen LogP contribution in [0.2, 0.25) is 0 Å². The molecule has 0 aromatic heterocycles. The summed E-state index contributed by atoms with van der Waals surface area (Å²) in [6.45, 7) is 4.20. The summed E-state index contributed by atoms with van der Waals surface area (Å²) in [4.78, 5) is 11.0. The van der Waals surface area contributed by atoms with Crippen molar-refractivity contribution in [3.05, 3.63) is 0 Å². The summed E-state index contributed by atoms with van der Waals surface area (Å²) < 4.78 is 8.46. The number of hydrogen-bond donors (Lipinski definition) is 1. The summed E-state index contributed by atoms with van der Waals surface area (Å²) >= 11 is -1.88. The maximum absolute atomic E-state index is 11.0. The molecule has 1 atom stereocenters. The van der Waals surface area contributed by atoms with Gasteiger partial charge < -0.3 is 0 Å². The summed E-state index contributed by atoms with van der Waals surface area (Å²) in [6.07, 6.45) is 0. The standard InChI is InChI=1S/C5H10NO2S.Sn/c1-5(2,9)3(6)4(7)8;/h3,6,9H,1-2H3,(H,7,8);/q-1;+3/p-2/t3-;/m0./s1. The molecule has 1 N–H and O–H groups in total. The molecule has 2 rings (SSSR count). The number of nitrogens with one attached hydrogen (secondary N) is 1. The van der Waals surface area contributed by atoms with Crippen molar-refractivity contribution in [3.63, 3.8) is 0 Å². The number of rotatable bonds is 0. The van der Waals surface area contributed by atoms with Gasteiger partial charge in [0.15, 0.2) is 0 Å². The van der Waals surface area contributed by atoms with E-state index in [0.717, 1.165) is 0 Å². The van der Waals surface area contributed by atoms with Gasteiger partial charge in [0.1, 0.15) is 0 Å². The second-order valence-corrected chi connectivity index (χ2v) is 11.5. The first kappa shape index (κ1) is 7.24. The van der Waals surface area contributed by atoms with Gasteiger partial charge in [0.2, 0.25) is 0 Å². The van der Waals surface area contributed by atoms with Gasteiger partial charge in [-0.15, -0.1) is 0 Å². The third kappa shape index (κ3) is 0.886. The normalized spacial score (nSPS) is 36.6. The first-order valence-corrected chi connectivity index (χ1v) is 10.0. The zero-order chi connectivity index (χ0) is 7.35. The summed E-state index contributed by atoms with van der Waals surface area (Å²) in [5.41, 5.74) is 0. The first-order valence-electron chi connectivity index (χ1n) is 3.14. The molecule has 0 aromatic rings. The Morgan fingerprint density at radius 3 is 2.80 bits per heavy atom. The van der Waals surface area contributed by atoms with E-state index in [1.54, 1.807) is 0 Å². The van der Waals surface area contributed by atoms with Gasteiger partial charge in [0, 0.05) is 0 Å². The first-order chi connectivity index (χ1) is 4.59. The molecule has 0 unspecified atom stereocenters. The molecule has 2 aliphatic heterocycles. The molecule has 0 amide bonds. The van der Waals surface area contributed by atoms with E-state index in [-0.39, 0.29) is 16.8 Å². The van der Waals surface area contributed by atoms with E-state index >= 15 is 0 Å². The average Bonchev–Trinajstić information content (AvgIpc) is 2.18. The van der Waals surface area contributed by atoms with Crippen LogP contribution >= 0.6 is 8.95 Å². The SMILES string of the molecule is CC1(C)[S][Sn]2[NH][C@H]1C(=O)[O]2. The molecule has 5 heteroatoms. The molecule has 10 heavy (non-hydrogen) atoms. The van der Waals surface area contributed by atoms with E-state index in [2.05, 4.69) is 17.4 Å². The van der Waals surface area contributed by atoms with E-state index in [4.69, 9.17) is 3.07 Å². The van der Waals surface area contributed by atoms with Crippen LogP contribution in [0.1, 0.15) is 13.8 Å². The Balaban J connectivity index is 2.28. The van der Waals surface area contributed by atoms with Gasteiger partial charge in [0.05, 0.1) is 0 Å². The van der Waals surface area contributed by atoms with Gasteiger partial charge in [-0.3, -0.25) is 0 Å². The van der Waals surface area contributed by atoms with Crippen LogP contribution in [0.3, 0.4) is 0 Å². The minimum atomic E-state index is -1.88. The topological polar surface area (TPSA) is 38.3 Å². The van der Waals surface area contributed by atoms with Crippen molar-refractivity contribution in [2.75, 3.05) is 0 Å². The van der Waals surface area contributed by atoms with Gasteiger partial charge in [-0.1, -0.05) is 0 Å². The molecule has 0 saturated carbocycles. The number of carbonyl (C=O) groups excluding carboxylic acids is 1. The fraction of sp³-hybridized carbons (Fsp3) is 0.800. The van der Waals surface area contributed by atoms with Gasteiger partial charge in [0.25, 0.3) is 0 Å². The summed E-state index contributed by atoms with van der Waals surface area (Å²) in [6, 6.07) is -0.00750. The molecular weight excluding hydrogens is 257 g/mol. The van der Waals surface area contributed by atoms with Crippen LogP contribution in [0.5, 0.6) is 0 Å². The molecule has 0 aromatic carbocycles. The Morgan fingerprint density at radius 2 is 2.50 bits per heavy atom. The minimum absolute atomic E-state index is 0.00750. The Labute approximate surface area is 70.0 Å². The molecule has 2 heterocycles. The summed E-state index contributed by atoms with van der Waals surface area (Å²) in [7, 11) is 1.86. The molecule has 1 radical (unpaired) electrons. The van der Waals surface area contributed by atoms with E-state index in [1.165, 1.54) is 0 Å². The Morgan fingerprint density at radius 1 is 1.80 bits per heavy atom. The van der Waals surface area contributed by atoms with E-state index < -0.39 is 19.1 Å². The fourth-order valence-electron chi connectivity index (χ4n) is 1.16. The molecule has 3 nitrogen and oxygen atoms in total. The molecule has 0 spiro atoms. The predicted molar refractivity (Wildman–Crippen MR) is 40.4 cm³/mol. The molecule has 2 aliphatic rings.